The number of pyridine rings is 1. The van der Waals surface area contributed by atoms with Crippen molar-refractivity contribution in [3.8, 4) is 11.4 Å². The fraction of sp³-hybridized carbons (Fsp3) is 0.222. The lowest BCUT2D eigenvalue weighted by Crippen LogP contribution is -2.20. The lowest BCUT2D eigenvalue weighted by atomic mass is 10.1. The second-order valence-corrected chi connectivity index (χ2v) is 5.77. The Kier molecular flexibility index (Phi) is 4.20. The number of rotatable bonds is 4. The van der Waals surface area contributed by atoms with Gasteiger partial charge in [0, 0.05) is 23.4 Å². The summed E-state index contributed by atoms with van der Waals surface area (Å²) in [6.07, 6.45) is 1.60. The molecule has 0 fully saturated rings. The molecular formula is C18H18FN3O2. The number of hydrogen-bond donors (Lipinski definition) is 1. The molecule has 1 N–H and O–H groups in total. The van der Waals surface area contributed by atoms with Gasteiger partial charge in [0.2, 0.25) is 0 Å². The third-order valence-electron chi connectivity index (χ3n) is 3.84. The molecule has 6 heteroatoms. The van der Waals surface area contributed by atoms with E-state index in [0.717, 1.165) is 11.3 Å². The average Bonchev–Trinajstić information content (AvgIpc) is 2.92. The SMILES string of the molecule is Cc1ccc(COc2cc(C)n(-c3cn[nH]c3C)c(=O)c2)c(F)c1. The lowest BCUT2D eigenvalue weighted by Gasteiger charge is -2.12. The zero-order valence-electron chi connectivity index (χ0n) is 13.8. The number of benzene rings is 1. The van der Waals surface area contributed by atoms with E-state index in [2.05, 4.69) is 10.2 Å². The summed E-state index contributed by atoms with van der Waals surface area (Å²) in [7, 11) is 0. The van der Waals surface area contributed by atoms with Crippen LogP contribution >= 0.6 is 0 Å². The highest BCUT2D eigenvalue weighted by atomic mass is 19.1. The van der Waals surface area contributed by atoms with Crippen molar-refractivity contribution < 1.29 is 9.13 Å². The summed E-state index contributed by atoms with van der Waals surface area (Å²) in [4.78, 5) is 12.4. The van der Waals surface area contributed by atoms with Gasteiger partial charge in [-0.2, -0.15) is 5.10 Å². The topological polar surface area (TPSA) is 59.9 Å². The van der Waals surface area contributed by atoms with Gasteiger partial charge in [0.15, 0.2) is 0 Å². The van der Waals surface area contributed by atoms with Crippen LogP contribution in [-0.2, 0) is 6.61 Å². The molecule has 1 aromatic carbocycles. The van der Waals surface area contributed by atoms with Gasteiger partial charge < -0.3 is 4.74 Å². The normalized spacial score (nSPS) is 10.8. The third kappa shape index (κ3) is 3.08. The van der Waals surface area contributed by atoms with E-state index in [1.54, 1.807) is 22.9 Å². The summed E-state index contributed by atoms with van der Waals surface area (Å²) >= 11 is 0. The Bertz CT molecular complexity index is 944. The van der Waals surface area contributed by atoms with Gasteiger partial charge in [-0.3, -0.25) is 14.5 Å². The summed E-state index contributed by atoms with van der Waals surface area (Å²) < 4.78 is 21.0. The molecular weight excluding hydrogens is 309 g/mol. The Morgan fingerprint density at radius 1 is 1.21 bits per heavy atom. The maximum absolute atomic E-state index is 13.8. The van der Waals surface area contributed by atoms with Crippen LogP contribution in [0.4, 0.5) is 4.39 Å². The van der Waals surface area contributed by atoms with Gasteiger partial charge in [-0.25, -0.2) is 4.39 Å². The molecule has 0 radical (unpaired) electrons. The highest BCUT2D eigenvalue weighted by Gasteiger charge is 2.11. The lowest BCUT2D eigenvalue weighted by molar-refractivity contribution is 0.298. The molecule has 3 rings (SSSR count). The first-order valence-corrected chi connectivity index (χ1v) is 7.57. The number of aromatic amines is 1. The van der Waals surface area contributed by atoms with E-state index in [1.807, 2.05) is 26.8 Å². The molecule has 0 saturated heterocycles. The molecule has 0 spiro atoms. The maximum Gasteiger partial charge on any atom is 0.259 e. The van der Waals surface area contributed by atoms with Crippen molar-refractivity contribution in [2.24, 2.45) is 0 Å². The number of H-pyrrole nitrogens is 1. The van der Waals surface area contributed by atoms with Crippen molar-refractivity contribution in [3.05, 3.63) is 75.2 Å². The van der Waals surface area contributed by atoms with E-state index in [0.29, 0.717) is 22.7 Å². The van der Waals surface area contributed by atoms with Gasteiger partial charge in [0.25, 0.3) is 5.56 Å². The number of ether oxygens (including phenoxy) is 1. The standard InChI is InChI=1S/C18H18FN3O2/c1-11-4-5-14(16(19)6-11)10-24-15-7-12(2)22(18(23)8-15)17-9-20-21-13(17)3/h4-9H,10H2,1-3H3,(H,20,21). The largest absolute Gasteiger partial charge is 0.489 e. The summed E-state index contributed by atoms with van der Waals surface area (Å²) in [5.41, 5.74) is 3.30. The van der Waals surface area contributed by atoms with Crippen LogP contribution in [0.2, 0.25) is 0 Å². The number of nitrogens with zero attached hydrogens (tertiary/aromatic N) is 2. The molecule has 2 heterocycles. The molecule has 24 heavy (non-hydrogen) atoms. The maximum atomic E-state index is 13.8. The average molecular weight is 327 g/mol. The molecule has 3 aromatic rings. The fourth-order valence-corrected chi connectivity index (χ4v) is 2.56. The zero-order chi connectivity index (χ0) is 17.3. The molecule has 2 aromatic heterocycles. The molecule has 0 aliphatic heterocycles. The highest BCUT2D eigenvalue weighted by Crippen LogP contribution is 2.18. The van der Waals surface area contributed by atoms with Crippen LogP contribution in [0, 0.1) is 26.6 Å². The van der Waals surface area contributed by atoms with Crippen LogP contribution in [0.25, 0.3) is 5.69 Å². The van der Waals surface area contributed by atoms with Crippen LogP contribution in [0.15, 0.2) is 41.3 Å². The minimum Gasteiger partial charge on any atom is -0.489 e. The molecule has 0 unspecified atom stereocenters. The van der Waals surface area contributed by atoms with E-state index in [-0.39, 0.29) is 18.0 Å². The van der Waals surface area contributed by atoms with Crippen LogP contribution in [0.1, 0.15) is 22.5 Å². The molecule has 124 valence electrons. The molecule has 0 aliphatic rings. The van der Waals surface area contributed by atoms with Gasteiger partial charge in [0.1, 0.15) is 18.2 Å². The summed E-state index contributed by atoms with van der Waals surface area (Å²) in [6.45, 7) is 5.56. The van der Waals surface area contributed by atoms with Crippen molar-refractivity contribution in [1.82, 2.24) is 14.8 Å². The number of hydrogen-bond acceptors (Lipinski definition) is 3. The van der Waals surface area contributed by atoms with Gasteiger partial charge in [-0.05, 0) is 32.4 Å². The van der Waals surface area contributed by atoms with Crippen molar-refractivity contribution >= 4 is 0 Å². The molecule has 5 nitrogen and oxygen atoms in total. The van der Waals surface area contributed by atoms with E-state index < -0.39 is 0 Å². The van der Waals surface area contributed by atoms with Crippen molar-refractivity contribution in [2.75, 3.05) is 0 Å². The predicted octanol–water partition coefficient (Wildman–Crippen LogP) is 3.20. The van der Waals surface area contributed by atoms with Gasteiger partial charge in [0.05, 0.1) is 17.6 Å². The molecule has 0 bridgehead atoms. The number of aromatic nitrogens is 3. The Morgan fingerprint density at radius 2 is 2.00 bits per heavy atom. The van der Waals surface area contributed by atoms with Crippen LogP contribution in [0.5, 0.6) is 5.75 Å². The molecule has 0 amide bonds. The minimum atomic E-state index is -0.311. The predicted molar refractivity (Wildman–Crippen MR) is 89.1 cm³/mol. The minimum absolute atomic E-state index is 0.0692. The highest BCUT2D eigenvalue weighted by molar-refractivity contribution is 5.38. The first-order valence-electron chi connectivity index (χ1n) is 7.57. The summed E-state index contributed by atoms with van der Waals surface area (Å²) in [5, 5.41) is 6.75. The van der Waals surface area contributed by atoms with Crippen molar-refractivity contribution in [1.29, 1.82) is 0 Å². The Labute approximate surface area is 138 Å². The van der Waals surface area contributed by atoms with Crippen molar-refractivity contribution in [3.63, 3.8) is 0 Å². The first-order chi connectivity index (χ1) is 11.5. The van der Waals surface area contributed by atoms with Crippen LogP contribution < -0.4 is 10.3 Å². The summed E-state index contributed by atoms with van der Waals surface area (Å²) in [6, 6.07) is 8.12. The van der Waals surface area contributed by atoms with Gasteiger partial charge in [-0.15, -0.1) is 0 Å². The number of aryl methyl sites for hydroxylation is 3. The monoisotopic (exact) mass is 327 g/mol. The molecule has 0 atom stereocenters. The Morgan fingerprint density at radius 3 is 2.62 bits per heavy atom. The van der Waals surface area contributed by atoms with E-state index in [1.165, 1.54) is 12.1 Å². The van der Waals surface area contributed by atoms with Gasteiger partial charge in [-0.1, -0.05) is 12.1 Å². The number of halogens is 1. The third-order valence-corrected chi connectivity index (χ3v) is 3.84. The second kappa shape index (κ2) is 6.31. The molecule has 0 aliphatic carbocycles. The van der Waals surface area contributed by atoms with E-state index in [9.17, 15) is 9.18 Å². The second-order valence-electron chi connectivity index (χ2n) is 5.77. The Hall–Kier alpha value is -2.89. The van der Waals surface area contributed by atoms with Gasteiger partial charge >= 0.3 is 0 Å². The quantitative estimate of drug-likeness (QED) is 0.800. The van der Waals surface area contributed by atoms with Crippen LogP contribution in [-0.4, -0.2) is 14.8 Å². The van der Waals surface area contributed by atoms with E-state index in [4.69, 9.17) is 4.74 Å². The molecule has 0 saturated carbocycles. The fourth-order valence-electron chi connectivity index (χ4n) is 2.56. The summed E-state index contributed by atoms with van der Waals surface area (Å²) in [5.74, 6) is 0.101. The zero-order valence-corrected chi connectivity index (χ0v) is 13.8. The van der Waals surface area contributed by atoms with Crippen LogP contribution in [0.3, 0.4) is 0 Å². The Balaban J connectivity index is 1.86. The number of nitrogens with one attached hydrogen (secondary N) is 1. The smallest absolute Gasteiger partial charge is 0.259 e. The van der Waals surface area contributed by atoms with Crippen molar-refractivity contribution in [2.45, 2.75) is 27.4 Å². The first kappa shape index (κ1) is 16.0. The van der Waals surface area contributed by atoms with E-state index >= 15 is 0 Å².